The molecule has 7 nitrogen and oxygen atoms in total. The number of benzene rings is 1. The van der Waals surface area contributed by atoms with E-state index >= 15 is 0 Å². The molecular weight excluding hydrogens is 410 g/mol. The number of halogens is 4. The van der Waals surface area contributed by atoms with Crippen molar-refractivity contribution >= 4 is 23.4 Å². The fourth-order valence-electron chi connectivity index (χ4n) is 3.78. The number of carbonyl (C=O) groups is 2. The third-order valence-electron chi connectivity index (χ3n) is 5.60. The summed E-state index contributed by atoms with van der Waals surface area (Å²) in [7, 11) is 0. The molecule has 3 atom stereocenters. The minimum atomic E-state index is -4.76. The highest BCUT2D eigenvalue weighted by Crippen LogP contribution is 2.43. The van der Waals surface area contributed by atoms with E-state index in [0.29, 0.717) is 0 Å². The standard InChI is InChI=1S/C19H23F4N3O4/c1-11-9-25(6-5-18(11,29)19(21,22)23)16-4-3-13(7-15(16)20)26-10-14(30-17(26)28)8-24-12(2)27/h3-4,7,11,14,29H,5-6,8-10H2,1-2H3,(H,24,27)/t11-,14+,18-/m1/s1. The van der Waals surface area contributed by atoms with E-state index < -0.39 is 42.1 Å². The first kappa shape index (κ1) is 22.1. The summed E-state index contributed by atoms with van der Waals surface area (Å²) in [5.74, 6) is -2.11. The van der Waals surface area contributed by atoms with Gasteiger partial charge in [0, 0.05) is 32.4 Å². The third-order valence-corrected chi connectivity index (χ3v) is 5.60. The number of carbonyl (C=O) groups excluding carboxylic acids is 2. The van der Waals surface area contributed by atoms with Gasteiger partial charge in [-0.25, -0.2) is 9.18 Å². The first-order chi connectivity index (χ1) is 13.9. The van der Waals surface area contributed by atoms with Gasteiger partial charge in [-0.2, -0.15) is 13.2 Å². The van der Waals surface area contributed by atoms with Gasteiger partial charge in [-0.15, -0.1) is 0 Å². The molecule has 0 spiro atoms. The van der Waals surface area contributed by atoms with E-state index in [4.69, 9.17) is 4.74 Å². The van der Waals surface area contributed by atoms with Crippen molar-refractivity contribution in [2.45, 2.75) is 38.1 Å². The lowest BCUT2D eigenvalue weighted by molar-refractivity contribution is -0.281. The molecule has 1 aromatic carbocycles. The highest BCUT2D eigenvalue weighted by atomic mass is 19.4. The SMILES string of the molecule is CC(=O)NC[C@H]1CN(c2ccc(N3CC[C@](O)(C(F)(F)F)[C@H](C)C3)c(F)c2)C(=O)O1. The lowest BCUT2D eigenvalue weighted by Crippen LogP contribution is -2.59. The number of alkyl halides is 3. The maximum absolute atomic E-state index is 14.8. The molecule has 0 aromatic heterocycles. The van der Waals surface area contributed by atoms with Crippen LogP contribution in [0.3, 0.4) is 0 Å². The van der Waals surface area contributed by atoms with E-state index in [1.807, 2.05) is 0 Å². The number of amides is 2. The fraction of sp³-hybridized carbons (Fsp3) is 0.579. The summed E-state index contributed by atoms with van der Waals surface area (Å²) in [6, 6.07) is 3.99. The summed E-state index contributed by atoms with van der Waals surface area (Å²) in [6.45, 7) is 2.53. The second-order valence-corrected chi connectivity index (χ2v) is 7.71. The molecule has 2 saturated heterocycles. The zero-order valence-electron chi connectivity index (χ0n) is 16.5. The number of nitrogens with zero attached hydrogens (tertiary/aromatic N) is 2. The number of nitrogens with one attached hydrogen (secondary N) is 1. The van der Waals surface area contributed by atoms with Gasteiger partial charge >= 0.3 is 12.3 Å². The Morgan fingerprint density at radius 3 is 2.63 bits per heavy atom. The highest BCUT2D eigenvalue weighted by molar-refractivity contribution is 5.90. The van der Waals surface area contributed by atoms with Crippen LogP contribution in [0.4, 0.5) is 33.7 Å². The van der Waals surface area contributed by atoms with Gasteiger partial charge in [0.15, 0.2) is 5.60 Å². The first-order valence-electron chi connectivity index (χ1n) is 9.48. The number of cyclic esters (lactones) is 1. The molecule has 1 aromatic rings. The van der Waals surface area contributed by atoms with Crippen molar-refractivity contribution in [2.75, 3.05) is 36.0 Å². The average molecular weight is 433 g/mol. The van der Waals surface area contributed by atoms with E-state index in [9.17, 15) is 32.3 Å². The maximum Gasteiger partial charge on any atom is 0.417 e. The number of hydrogen-bond donors (Lipinski definition) is 2. The number of anilines is 2. The van der Waals surface area contributed by atoms with E-state index in [2.05, 4.69) is 5.32 Å². The second kappa shape index (κ2) is 7.93. The number of rotatable bonds is 4. The van der Waals surface area contributed by atoms with Gasteiger partial charge in [-0.3, -0.25) is 9.69 Å². The third kappa shape index (κ3) is 4.16. The lowest BCUT2D eigenvalue weighted by atomic mass is 9.81. The van der Waals surface area contributed by atoms with Crippen LogP contribution >= 0.6 is 0 Å². The molecule has 2 aliphatic heterocycles. The predicted molar refractivity (Wildman–Crippen MR) is 99.7 cm³/mol. The van der Waals surface area contributed by atoms with Crippen LogP contribution in [0, 0.1) is 11.7 Å². The van der Waals surface area contributed by atoms with E-state index in [1.54, 1.807) is 0 Å². The van der Waals surface area contributed by atoms with Crippen LogP contribution in [0.25, 0.3) is 0 Å². The van der Waals surface area contributed by atoms with Crippen LogP contribution in [0.1, 0.15) is 20.3 Å². The molecule has 166 valence electrons. The molecule has 2 amide bonds. The minimum absolute atomic E-state index is 0.0946. The van der Waals surface area contributed by atoms with Crippen molar-refractivity contribution in [3.63, 3.8) is 0 Å². The van der Waals surface area contributed by atoms with Crippen LogP contribution in [0.5, 0.6) is 0 Å². The van der Waals surface area contributed by atoms with Crippen molar-refractivity contribution in [1.82, 2.24) is 5.32 Å². The number of piperidine rings is 1. The molecule has 2 aliphatic rings. The van der Waals surface area contributed by atoms with Crippen molar-refractivity contribution in [3.8, 4) is 0 Å². The predicted octanol–water partition coefficient (Wildman–Crippen LogP) is 2.43. The summed E-state index contributed by atoms with van der Waals surface area (Å²) in [5.41, 5.74) is -2.47. The molecule has 3 rings (SSSR count). The van der Waals surface area contributed by atoms with E-state index in [-0.39, 0.29) is 43.5 Å². The van der Waals surface area contributed by atoms with Crippen LogP contribution < -0.4 is 15.1 Å². The molecule has 30 heavy (non-hydrogen) atoms. The van der Waals surface area contributed by atoms with Gasteiger partial charge < -0.3 is 20.1 Å². The number of aliphatic hydroxyl groups is 1. The lowest BCUT2D eigenvalue weighted by Gasteiger charge is -2.44. The molecule has 0 radical (unpaired) electrons. The van der Waals surface area contributed by atoms with E-state index in [1.165, 1.54) is 35.8 Å². The molecule has 0 saturated carbocycles. The van der Waals surface area contributed by atoms with Crippen molar-refractivity contribution in [1.29, 1.82) is 0 Å². The number of hydrogen-bond acceptors (Lipinski definition) is 5. The number of ether oxygens (including phenoxy) is 1. The highest BCUT2D eigenvalue weighted by Gasteiger charge is 2.58. The fourth-order valence-corrected chi connectivity index (χ4v) is 3.78. The first-order valence-corrected chi connectivity index (χ1v) is 9.48. The largest absolute Gasteiger partial charge is 0.442 e. The van der Waals surface area contributed by atoms with Gasteiger partial charge in [0.2, 0.25) is 5.91 Å². The monoisotopic (exact) mass is 433 g/mol. The summed E-state index contributed by atoms with van der Waals surface area (Å²) in [6.07, 6.45) is -6.58. The smallest absolute Gasteiger partial charge is 0.417 e. The normalized spacial score (nSPS) is 27.2. The zero-order valence-corrected chi connectivity index (χ0v) is 16.5. The van der Waals surface area contributed by atoms with Crippen LogP contribution in [0.15, 0.2) is 18.2 Å². The Kier molecular flexibility index (Phi) is 5.85. The van der Waals surface area contributed by atoms with Crippen molar-refractivity contribution in [3.05, 3.63) is 24.0 Å². The summed E-state index contributed by atoms with van der Waals surface area (Å²) in [5, 5.41) is 12.5. The van der Waals surface area contributed by atoms with Crippen LogP contribution in [-0.4, -0.2) is 61.2 Å². The van der Waals surface area contributed by atoms with Gasteiger partial charge in [0.05, 0.1) is 24.5 Å². The average Bonchev–Trinajstić information content (AvgIpc) is 3.02. The van der Waals surface area contributed by atoms with Crippen molar-refractivity contribution < 1.29 is 37.0 Å². The topological polar surface area (TPSA) is 82.1 Å². The molecular formula is C19H23F4N3O4. The van der Waals surface area contributed by atoms with E-state index in [0.717, 1.165) is 6.07 Å². The van der Waals surface area contributed by atoms with Crippen LogP contribution in [-0.2, 0) is 9.53 Å². The Hall–Kier alpha value is -2.56. The quantitative estimate of drug-likeness (QED) is 0.713. The Morgan fingerprint density at radius 1 is 1.37 bits per heavy atom. The summed E-state index contributed by atoms with van der Waals surface area (Å²) >= 11 is 0. The van der Waals surface area contributed by atoms with Gasteiger partial charge in [-0.1, -0.05) is 6.92 Å². The molecule has 11 heteroatoms. The molecule has 2 heterocycles. The second-order valence-electron chi connectivity index (χ2n) is 7.71. The summed E-state index contributed by atoms with van der Waals surface area (Å²) < 4.78 is 59.4. The molecule has 2 N–H and O–H groups in total. The molecule has 0 unspecified atom stereocenters. The maximum atomic E-state index is 14.8. The van der Waals surface area contributed by atoms with Gasteiger partial charge in [0.1, 0.15) is 11.9 Å². The molecule has 0 bridgehead atoms. The van der Waals surface area contributed by atoms with Crippen molar-refractivity contribution in [2.24, 2.45) is 5.92 Å². The Labute approximate surface area is 170 Å². The Bertz CT molecular complexity index is 834. The van der Waals surface area contributed by atoms with Gasteiger partial charge in [-0.05, 0) is 18.2 Å². The van der Waals surface area contributed by atoms with Crippen LogP contribution in [0.2, 0.25) is 0 Å². The minimum Gasteiger partial charge on any atom is -0.442 e. The Balaban J connectivity index is 1.71. The molecule has 0 aliphatic carbocycles. The summed E-state index contributed by atoms with van der Waals surface area (Å²) in [4.78, 5) is 25.7. The zero-order chi connectivity index (χ0) is 22.3. The van der Waals surface area contributed by atoms with Gasteiger partial charge in [0.25, 0.3) is 0 Å². The molecule has 2 fully saturated rings. The Morgan fingerprint density at radius 2 is 2.07 bits per heavy atom.